The Balaban J connectivity index is 2.06. The molecule has 1 amide bonds. The van der Waals surface area contributed by atoms with Gasteiger partial charge in [-0.3, -0.25) is 10.1 Å². The molecule has 26 heavy (non-hydrogen) atoms. The second-order valence-electron chi connectivity index (χ2n) is 5.47. The lowest BCUT2D eigenvalue weighted by Gasteiger charge is -2.11. The number of nitriles is 1. The smallest absolute Gasteiger partial charge is 0.406 e. The quantitative estimate of drug-likeness (QED) is 0.569. The molecule has 1 aromatic heterocycles. The molecule has 1 heterocycles. The summed E-state index contributed by atoms with van der Waals surface area (Å²) in [5.41, 5.74) is 2.42. The number of nitrogens with one attached hydrogen (secondary N) is 1. The lowest BCUT2D eigenvalue weighted by Crippen LogP contribution is -2.20. The molecule has 0 aliphatic heterocycles. The average Bonchev–Trinajstić information content (AvgIpc) is 2.92. The van der Waals surface area contributed by atoms with Crippen molar-refractivity contribution in [3.63, 3.8) is 0 Å². The van der Waals surface area contributed by atoms with Crippen LogP contribution in [-0.4, -0.2) is 16.8 Å². The van der Waals surface area contributed by atoms with Crippen LogP contribution in [0.4, 0.5) is 13.2 Å². The number of aromatic nitrogens is 1. The van der Waals surface area contributed by atoms with Crippen molar-refractivity contribution in [3.8, 4) is 23.1 Å². The molecule has 1 N–H and O–H groups in total. The number of ether oxygens (including phenoxy) is 1. The maximum atomic E-state index is 12.3. The number of halogens is 3. The average molecular weight is 359 g/mol. The van der Waals surface area contributed by atoms with Crippen LogP contribution in [0.3, 0.4) is 0 Å². The van der Waals surface area contributed by atoms with Crippen molar-refractivity contribution in [2.24, 2.45) is 7.05 Å². The SMILES string of the molecule is Cn1c(C(=O)NC#N)cc2cccc(-c3ccc(OC(F)(F)F)cc3)c21. The lowest BCUT2D eigenvalue weighted by molar-refractivity contribution is -0.274. The fourth-order valence-corrected chi connectivity index (χ4v) is 2.82. The van der Waals surface area contributed by atoms with Crippen molar-refractivity contribution >= 4 is 16.8 Å². The highest BCUT2D eigenvalue weighted by Gasteiger charge is 2.31. The van der Waals surface area contributed by atoms with Crippen molar-refractivity contribution in [3.05, 3.63) is 54.2 Å². The van der Waals surface area contributed by atoms with Gasteiger partial charge in [0.1, 0.15) is 11.4 Å². The van der Waals surface area contributed by atoms with E-state index in [1.807, 2.05) is 6.07 Å². The number of alkyl halides is 3. The van der Waals surface area contributed by atoms with E-state index in [1.165, 1.54) is 24.3 Å². The van der Waals surface area contributed by atoms with E-state index in [9.17, 15) is 18.0 Å². The van der Waals surface area contributed by atoms with Gasteiger partial charge in [0.15, 0.2) is 6.19 Å². The maximum absolute atomic E-state index is 12.3. The second kappa shape index (κ2) is 6.44. The van der Waals surface area contributed by atoms with E-state index in [-0.39, 0.29) is 5.75 Å². The van der Waals surface area contributed by atoms with Gasteiger partial charge in [-0.15, -0.1) is 13.2 Å². The Morgan fingerprint density at radius 1 is 1.19 bits per heavy atom. The van der Waals surface area contributed by atoms with Gasteiger partial charge in [-0.05, 0) is 23.8 Å². The van der Waals surface area contributed by atoms with Crippen LogP contribution in [0, 0.1) is 11.5 Å². The number of hydrogen-bond acceptors (Lipinski definition) is 3. The molecule has 5 nitrogen and oxygen atoms in total. The van der Waals surface area contributed by atoms with Crippen LogP contribution in [0.15, 0.2) is 48.5 Å². The first-order valence-electron chi connectivity index (χ1n) is 7.44. The van der Waals surface area contributed by atoms with E-state index in [2.05, 4.69) is 10.1 Å². The van der Waals surface area contributed by atoms with Crippen molar-refractivity contribution in [1.82, 2.24) is 9.88 Å². The topological polar surface area (TPSA) is 67.0 Å². The summed E-state index contributed by atoms with van der Waals surface area (Å²) in [5, 5.41) is 11.5. The molecule has 8 heteroatoms. The van der Waals surface area contributed by atoms with Gasteiger partial charge in [0.2, 0.25) is 0 Å². The standard InChI is InChI=1S/C18H12F3N3O2/c1-24-15(17(25)23-10-22)9-12-3-2-4-14(16(12)24)11-5-7-13(8-6-11)26-18(19,20)21/h2-9H,1H3,(H,23,25). The number of carbonyl (C=O) groups is 1. The minimum Gasteiger partial charge on any atom is -0.406 e. The molecular weight excluding hydrogens is 347 g/mol. The molecule has 0 fully saturated rings. The van der Waals surface area contributed by atoms with E-state index in [1.54, 1.807) is 36.0 Å². The van der Waals surface area contributed by atoms with Crippen molar-refractivity contribution in [1.29, 1.82) is 5.26 Å². The lowest BCUT2D eigenvalue weighted by atomic mass is 10.0. The van der Waals surface area contributed by atoms with Gasteiger partial charge in [0.25, 0.3) is 5.91 Å². The van der Waals surface area contributed by atoms with Crippen LogP contribution in [0.5, 0.6) is 5.75 Å². The third kappa shape index (κ3) is 3.32. The molecule has 132 valence electrons. The fraction of sp³-hybridized carbons (Fsp3) is 0.111. The monoisotopic (exact) mass is 359 g/mol. The number of rotatable bonds is 3. The van der Waals surface area contributed by atoms with Crippen LogP contribution in [0.2, 0.25) is 0 Å². The number of aryl methyl sites for hydroxylation is 1. The van der Waals surface area contributed by atoms with Crippen LogP contribution in [0.1, 0.15) is 10.5 Å². The molecular formula is C18H12F3N3O2. The minimum atomic E-state index is -4.75. The first-order valence-corrected chi connectivity index (χ1v) is 7.44. The zero-order valence-corrected chi connectivity index (χ0v) is 13.5. The molecule has 3 rings (SSSR count). The van der Waals surface area contributed by atoms with Gasteiger partial charge in [-0.2, -0.15) is 5.26 Å². The van der Waals surface area contributed by atoms with Gasteiger partial charge < -0.3 is 9.30 Å². The largest absolute Gasteiger partial charge is 0.573 e. The third-order valence-corrected chi connectivity index (χ3v) is 3.86. The Kier molecular flexibility index (Phi) is 4.30. The number of nitrogens with zero attached hydrogens (tertiary/aromatic N) is 2. The van der Waals surface area contributed by atoms with Gasteiger partial charge in [-0.1, -0.05) is 30.3 Å². The molecule has 0 saturated carbocycles. The summed E-state index contributed by atoms with van der Waals surface area (Å²) in [6.45, 7) is 0. The zero-order valence-electron chi connectivity index (χ0n) is 13.5. The first-order chi connectivity index (χ1) is 12.3. The molecule has 0 aliphatic carbocycles. The molecule has 3 aromatic rings. The Labute approximate surface area is 146 Å². The Hall–Kier alpha value is -3.47. The molecule has 0 aliphatic rings. The van der Waals surface area contributed by atoms with Gasteiger partial charge in [0, 0.05) is 18.0 Å². The van der Waals surface area contributed by atoms with E-state index in [0.29, 0.717) is 11.3 Å². The van der Waals surface area contributed by atoms with Crippen LogP contribution in [0.25, 0.3) is 22.0 Å². The summed E-state index contributed by atoms with van der Waals surface area (Å²) in [6.07, 6.45) is -3.16. The Bertz CT molecular complexity index is 1020. The van der Waals surface area contributed by atoms with Crippen LogP contribution in [-0.2, 0) is 7.05 Å². The molecule has 0 saturated heterocycles. The molecule has 0 spiro atoms. The second-order valence-corrected chi connectivity index (χ2v) is 5.47. The first kappa shape index (κ1) is 17.4. The highest BCUT2D eigenvalue weighted by Crippen LogP contribution is 2.32. The van der Waals surface area contributed by atoms with E-state index < -0.39 is 12.3 Å². The number of amides is 1. The summed E-state index contributed by atoms with van der Waals surface area (Å²) in [6, 6.07) is 12.5. The number of fused-ring (bicyclic) bond motifs is 1. The summed E-state index contributed by atoms with van der Waals surface area (Å²) in [4.78, 5) is 12.0. The van der Waals surface area contributed by atoms with Crippen molar-refractivity contribution < 1.29 is 22.7 Å². The van der Waals surface area contributed by atoms with Gasteiger partial charge in [0.05, 0.1) is 5.52 Å². The number of para-hydroxylation sites is 1. The minimum absolute atomic E-state index is 0.297. The third-order valence-electron chi connectivity index (χ3n) is 3.86. The fourth-order valence-electron chi connectivity index (χ4n) is 2.82. The number of carbonyl (C=O) groups excluding carboxylic acids is 1. The van der Waals surface area contributed by atoms with Crippen molar-refractivity contribution in [2.45, 2.75) is 6.36 Å². The molecule has 0 radical (unpaired) electrons. The summed E-state index contributed by atoms with van der Waals surface area (Å²) >= 11 is 0. The molecule has 0 unspecified atom stereocenters. The summed E-state index contributed by atoms with van der Waals surface area (Å²) in [5.74, 6) is -0.847. The van der Waals surface area contributed by atoms with E-state index in [4.69, 9.17) is 5.26 Å². The predicted molar refractivity (Wildman–Crippen MR) is 88.1 cm³/mol. The summed E-state index contributed by atoms with van der Waals surface area (Å²) in [7, 11) is 1.68. The normalized spacial score (nSPS) is 11.2. The van der Waals surface area contributed by atoms with Crippen LogP contribution < -0.4 is 10.1 Å². The van der Waals surface area contributed by atoms with Gasteiger partial charge >= 0.3 is 6.36 Å². The predicted octanol–water partition coefficient (Wildman–Crippen LogP) is 3.95. The Morgan fingerprint density at radius 3 is 2.50 bits per heavy atom. The molecule has 0 bridgehead atoms. The zero-order chi connectivity index (χ0) is 18.9. The number of hydrogen-bond donors (Lipinski definition) is 1. The maximum Gasteiger partial charge on any atom is 0.573 e. The Morgan fingerprint density at radius 2 is 1.88 bits per heavy atom. The van der Waals surface area contributed by atoms with Crippen molar-refractivity contribution in [2.75, 3.05) is 0 Å². The highest BCUT2D eigenvalue weighted by atomic mass is 19.4. The highest BCUT2D eigenvalue weighted by molar-refractivity contribution is 6.03. The van der Waals surface area contributed by atoms with Crippen LogP contribution >= 0.6 is 0 Å². The van der Waals surface area contributed by atoms with E-state index in [0.717, 1.165) is 16.5 Å². The summed E-state index contributed by atoms with van der Waals surface area (Å²) < 4.78 is 42.4. The number of benzene rings is 2. The van der Waals surface area contributed by atoms with E-state index >= 15 is 0 Å². The van der Waals surface area contributed by atoms with Gasteiger partial charge in [-0.25, -0.2) is 0 Å². The molecule has 0 atom stereocenters. The molecule has 2 aromatic carbocycles.